The lowest BCUT2D eigenvalue weighted by Crippen LogP contribution is -2.53. The van der Waals surface area contributed by atoms with Crippen molar-refractivity contribution in [2.24, 2.45) is 0 Å². The van der Waals surface area contributed by atoms with Crippen molar-refractivity contribution in [3.8, 4) is 5.75 Å². The first-order valence-electron chi connectivity index (χ1n) is 5.63. The number of nitrogens with one attached hydrogen (secondary N) is 1. The summed E-state index contributed by atoms with van der Waals surface area (Å²) < 4.78 is 6.02. The van der Waals surface area contributed by atoms with Gasteiger partial charge in [-0.05, 0) is 30.7 Å². The van der Waals surface area contributed by atoms with Gasteiger partial charge in [0.2, 0.25) is 5.91 Å². The van der Waals surface area contributed by atoms with Crippen LogP contribution in [0.25, 0.3) is 0 Å². The Labute approximate surface area is 120 Å². The molecule has 0 fully saturated rings. The van der Waals surface area contributed by atoms with E-state index in [9.17, 15) is 14.7 Å². The first kappa shape index (κ1) is 15.5. The molecular weight excluding hydrogens is 314 g/mol. The van der Waals surface area contributed by atoms with E-state index in [4.69, 9.17) is 4.74 Å². The first-order valence-corrected chi connectivity index (χ1v) is 6.42. The maximum Gasteiger partial charge on any atom is 0.329 e. The fraction of sp³-hybridized carbons (Fsp3) is 0.385. The molecule has 0 aliphatic rings. The standard InChI is InChI=1S/C13H16BrNO4/c1-8(16)15-13(2,12(17)18)7-9-6-10(14)4-5-11(9)19-3/h4-6H,7H2,1-3H3,(H,15,16)(H,17,18)/t13-/m0/s1. The molecule has 1 rings (SSSR count). The summed E-state index contributed by atoms with van der Waals surface area (Å²) in [5, 5.41) is 11.8. The molecule has 104 valence electrons. The Morgan fingerprint density at radius 1 is 1.47 bits per heavy atom. The fourth-order valence-corrected chi connectivity index (χ4v) is 2.24. The number of amides is 1. The molecule has 5 nitrogen and oxygen atoms in total. The fourth-order valence-electron chi connectivity index (χ4n) is 1.83. The van der Waals surface area contributed by atoms with Gasteiger partial charge in [0.25, 0.3) is 0 Å². The minimum atomic E-state index is -1.38. The van der Waals surface area contributed by atoms with Gasteiger partial charge in [0, 0.05) is 17.8 Å². The molecule has 6 heteroatoms. The van der Waals surface area contributed by atoms with E-state index < -0.39 is 11.5 Å². The van der Waals surface area contributed by atoms with Gasteiger partial charge >= 0.3 is 5.97 Å². The van der Waals surface area contributed by atoms with Crippen LogP contribution in [0.15, 0.2) is 22.7 Å². The van der Waals surface area contributed by atoms with Crippen LogP contribution in [0, 0.1) is 0 Å². The van der Waals surface area contributed by atoms with Crippen LogP contribution in [0.1, 0.15) is 19.4 Å². The SMILES string of the molecule is COc1ccc(Br)cc1C[C@](C)(NC(C)=O)C(=O)O. The summed E-state index contributed by atoms with van der Waals surface area (Å²) in [7, 11) is 1.52. The molecule has 19 heavy (non-hydrogen) atoms. The third-order valence-corrected chi connectivity index (χ3v) is 3.20. The molecule has 1 atom stereocenters. The molecule has 0 bridgehead atoms. The number of carbonyl (C=O) groups excluding carboxylic acids is 1. The highest BCUT2D eigenvalue weighted by Crippen LogP contribution is 2.27. The van der Waals surface area contributed by atoms with Crippen LogP contribution >= 0.6 is 15.9 Å². The van der Waals surface area contributed by atoms with Crippen LogP contribution in [-0.4, -0.2) is 29.6 Å². The molecule has 0 radical (unpaired) electrons. The Bertz CT molecular complexity index is 503. The van der Waals surface area contributed by atoms with E-state index in [1.165, 1.54) is 21.0 Å². The van der Waals surface area contributed by atoms with Gasteiger partial charge in [-0.3, -0.25) is 4.79 Å². The molecule has 0 saturated carbocycles. The summed E-state index contributed by atoms with van der Waals surface area (Å²) in [6.45, 7) is 2.76. The molecule has 1 aromatic carbocycles. The highest BCUT2D eigenvalue weighted by atomic mass is 79.9. The Morgan fingerprint density at radius 2 is 2.11 bits per heavy atom. The van der Waals surface area contributed by atoms with Crippen molar-refractivity contribution in [1.82, 2.24) is 5.32 Å². The van der Waals surface area contributed by atoms with Crippen molar-refractivity contribution in [1.29, 1.82) is 0 Å². The van der Waals surface area contributed by atoms with Gasteiger partial charge in [0.05, 0.1) is 7.11 Å². The molecule has 0 unspecified atom stereocenters. The topological polar surface area (TPSA) is 75.6 Å². The van der Waals surface area contributed by atoms with Crippen LogP contribution < -0.4 is 10.1 Å². The number of hydrogen-bond donors (Lipinski definition) is 2. The van der Waals surface area contributed by atoms with Gasteiger partial charge in [-0.2, -0.15) is 0 Å². The second-order valence-electron chi connectivity index (χ2n) is 4.45. The lowest BCUT2D eigenvalue weighted by molar-refractivity contribution is -0.146. The minimum Gasteiger partial charge on any atom is -0.496 e. The lowest BCUT2D eigenvalue weighted by Gasteiger charge is -2.26. The van der Waals surface area contributed by atoms with Crippen LogP contribution in [0.2, 0.25) is 0 Å². The number of halogens is 1. The number of carboxylic acid groups (broad SMARTS) is 1. The predicted octanol–water partition coefficient (Wildman–Crippen LogP) is 1.98. The van der Waals surface area contributed by atoms with Gasteiger partial charge in [-0.15, -0.1) is 0 Å². The zero-order valence-electron chi connectivity index (χ0n) is 11.0. The van der Waals surface area contributed by atoms with Crippen molar-refractivity contribution < 1.29 is 19.4 Å². The maximum atomic E-state index is 11.4. The van der Waals surface area contributed by atoms with Gasteiger partial charge in [-0.25, -0.2) is 4.79 Å². The van der Waals surface area contributed by atoms with Crippen molar-refractivity contribution in [2.45, 2.75) is 25.8 Å². The third-order valence-electron chi connectivity index (χ3n) is 2.71. The molecule has 0 saturated heterocycles. The van der Waals surface area contributed by atoms with Gasteiger partial charge < -0.3 is 15.2 Å². The zero-order valence-corrected chi connectivity index (χ0v) is 12.6. The number of rotatable bonds is 5. The summed E-state index contributed by atoms with van der Waals surface area (Å²) >= 11 is 3.33. The number of carbonyl (C=O) groups is 2. The highest BCUT2D eigenvalue weighted by molar-refractivity contribution is 9.10. The van der Waals surface area contributed by atoms with Crippen molar-refractivity contribution in [3.63, 3.8) is 0 Å². The Morgan fingerprint density at radius 3 is 2.58 bits per heavy atom. The summed E-state index contributed by atoms with van der Waals surface area (Å²) in [6, 6.07) is 5.33. The van der Waals surface area contributed by atoms with Crippen molar-refractivity contribution >= 4 is 27.8 Å². The average molecular weight is 330 g/mol. The molecule has 0 spiro atoms. The smallest absolute Gasteiger partial charge is 0.329 e. The normalized spacial score (nSPS) is 13.5. The number of hydrogen-bond acceptors (Lipinski definition) is 3. The monoisotopic (exact) mass is 329 g/mol. The van der Waals surface area contributed by atoms with E-state index >= 15 is 0 Å². The molecule has 1 aromatic rings. The Balaban J connectivity index is 3.12. The van der Waals surface area contributed by atoms with E-state index in [0.717, 1.165) is 4.47 Å². The molecular formula is C13H16BrNO4. The number of benzene rings is 1. The molecule has 0 aliphatic heterocycles. The third kappa shape index (κ3) is 3.96. The van der Waals surface area contributed by atoms with Gasteiger partial charge in [-0.1, -0.05) is 15.9 Å². The zero-order chi connectivity index (χ0) is 14.6. The first-order chi connectivity index (χ1) is 8.78. The minimum absolute atomic E-state index is 0.129. The summed E-state index contributed by atoms with van der Waals surface area (Å²) in [4.78, 5) is 22.5. The largest absolute Gasteiger partial charge is 0.496 e. The van der Waals surface area contributed by atoms with Crippen LogP contribution in [0.5, 0.6) is 5.75 Å². The van der Waals surface area contributed by atoms with Gasteiger partial charge in [0.15, 0.2) is 0 Å². The lowest BCUT2D eigenvalue weighted by atomic mass is 9.92. The van der Waals surface area contributed by atoms with Gasteiger partial charge in [0.1, 0.15) is 11.3 Å². The Kier molecular flexibility index (Phi) is 4.94. The summed E-state index contributed by atoms with van der Waals surface area (Å²) in [5.74, 6) is -0.899. The van der Waals surface area contributed by atoms with E-state index in [2.05, 4.69) is 21.2 Å². The van der Waals surface area contributed by atoms with Crippen LogP contribution in [-0.2, 0) is 16.0 Å². The van der Waals surface area contributed by atoms with Crippen LogP contribution in [0.4, 0.5) is 0 Å². The average Bonchev–Trinajstić information content (AvgIpc) is 2.27. The van der Waals surface area contributed by atoms with E-state index in [-0.39, 0.29) is 12.3 Å². The summed E-state index contributed by atoms with van der Waals surface area (Å²) in [5.41, 5.74) is -0.671. The second-order valence-corrected chi connectivity index (χ2v) is 5.37. The number of ether oxygens (including phenoxy) is 1. The number of carboxylic acids is 1. The molecule has 2 N–H and O–H groups in total. The maximum absolute atomic E-state index is 11.4. The quantitative estimate of drug-likeness (QED) is 0.866. The number of aliphatic carboxylic acids is 1. The Hall–Kier alpha value is -1.56. The molecule has 0 aromatic heterocycles. The molecule has 0 aliphatic carbocycles. The molecule has 1 amide bonds. The predicted molar refractivity (Wildman–Crippen MR) is 74.3 cm³/mol. The summed E-state index contributed by atoms with van der Waals surface area (Å²) in [6.07, 6.45) is 0.129. The number of methoxy groups -OCH3 is 1. The second kappa shape index (κ2) is 6.06. The van der Waals surface area contributed by atoms with E-state index in [0.29, 0.717) is 11.3 Å². The van der Waals surface area contributed by atoms with E-state index in [1.807, 2.05) is 0 Å². The van der Waals surface area contributed by atoms with Crippen molar-refractivity contribution in [2.75, 3.05) is 7.11 Å². The highest BCUT2D eigenvalue weighted by Gasteiger charge is 2.35. The molecule has 0 heterocycles. The van der Waals surface area contributed by atoms with Crippen LogP contribution in [0.3, 0.4) is 0 Å². The van der Waals surface area contributed by atoms with E-state index in [1.54, 1.807) is 18.2 Å². The van der Waals surface area contributed by atoms with Crippen molar-refractivity contribution in [3.05, 3.63) is 28.2 Å².